The molecule has 1 aromatic heterocycles. The van der Waals surface area contributed by atoms with Crippen molar-refractivity contribution >= 4 is 17.7 Å². The van der Waals surface area contributed by atoms with Gasteiger partial charge in [-0.25, -0.2) is 0 Å². The van der Waals surface area contributed by atoms with Crippen LogP contribution in [0.25, 0.3) is 0 Å². The molecule has 7 heteroatoms. The van der Waals surface area contributed by atoms with Crippen LogP contribution in [0.1, 0.15) is 53.5 Å². The lowest BCUT2D eigenvalue weighted by molar-refractivity contribution is 0.0486. The molecular formula is C26H36N4O2S. The third-order valence-corrected chi connectivity index (χ3v) is 8.65. The maximum atomic E-state index is 13.4. The van der Waals surface area contributed by atoms with E-state index in [0.29, 0.717) is 11.7 Å². The van der Waals surface area contributed by atoms with E-state index in [0.717, 1.165) is 83.0 Å². The van der Waals surface area contributed by atoms with E-state index in [1.165, 1.54) is 16.8 Å². The van der Waals surface area contributed by atoms with Crippen LogP contribution in [0.15, 0.2) is 30.3 Å². The molecule has 2 fully saturated rings. The van der Waals surface area contributed by atoms with E-state index in [1.54, 1.807) is 0 Å². The van der Waals surface area contributed by atoms with Gasteiger partial charge in [0.05, 0.1) is 0 Å². The molecule has 5 rings (SSSR count). The highest BCUT2D eigenvalue weighted by molar-refractivity contribution is 7.99. The molecule has 178 valence electrons. The Hall–Kier alpha value is -1.83. The van der Waals surface area contributed by atoms with Crippen molar-refractivity contribution in [3.63, 3.8) is 0 Å². The average Bonchev–Trinajstić information content (AvgIpc) is 3.26. The summed E-state index contributed by atoms with van der Waals surface area (Å²) < 4.78 is 7.79. The van der Waals surface area contributed by atoms with Gasteiger partial charge in [0.1, 0.15) is 0 Å². The lowest BCUT2D eigenvalue weighted by Gasteiger charge is -2.39. The minimum absolute atomic E-state index is 0.123. The van der Waals surface area contributed by atoms with Gasteiger partial charge in [-0.2, -0.15) is 16.9 Å². The third kappa shape index (κ3) is 4.73. The topological polar surface area (TPSA) is 59.4 Å². The smallest absolute Gasteiger partial charge is 0.274 e. The summed E-state index contributed by atoms with van der Waals surface area (Å²) >= 11 is 1.93. The number of ether oxygens (including phenoxy) is 1. The molecule has 1 N–H and O–H groups in total. The van der Waals surface area contributed by atoms with Gasteiger partial charge in [0, 0.05) is 73.6 Å². The summed E-state index contributed by atoms with van der Waals surface area (Å²) in [6.07, 6.45) is 5.06. The first-order chi connectivity index (χ1) is 16.2. The zero-order valence-electron chi connectivity index (χ0n) is 19.7. The Morgan fingerprint density at radius 2 is 1.97 bits per heavy atom. The van der Waals surface area contributed by atoms with Crippen LogP contribution in [-0.2, 0) is 29.5 Å². The van der Waals surface area contributed by atoms with Crippen molar-refractivity contribution in [2.45, 2.75) is 57.0 Å². The summed E-state index contributed by atoms with van der Waals surface area (Å²) in [5.74, 6) is 2.18. The molecule has 2 saturated heterocycles. The fourth-order valence-electron chi connectivity index (χ4n) is 5.67. The van der Waals surface area contributed by atoms with Crippen molar-refractivity contribution < 1.29 is 9.53 Å². The van der Waals surface area contributed by atoms with E-state index in [9.17, 15) is 4.79 Å². The zero-order chi connectivity index (χ0) is 22.7. The summed E-state index contributed by atoms with van der Waals surface area (Å²) in [4.78, 5) is 15.4. The second kappa shape index (κ2) is 10.2. The van der Waals surface area contributed by atoms with Gasteiger partial charge in [-0.15, -0.1) is 0 Å². The molecule has 0 radical (unpaired) electrons. The minimum atomic E-state index is 0.123. The van der Waals surface area contributed by atoms with Gasteiger partial charge in [0.15, 0.2) is 5.69 Å². The lowest BCUT2D eigenvalue weighted by atomic mass is 9.73. The van der Waals surface area contributed by atoms with Crippen LogP contribution in [0.3, 0.4) is 0 Å². The van der Waals surface area contributed by atoms with Crippen molar-refractivity contribution in [2.24, 2.45) is 0 Å². The molecule has 1 aromatic carbocycles. The fraction of sp³-hybridized carbons (Fsp3) is 0.615. The number of carbonyl (C=O) groups is 1. The van der Waals surface area contributed by atoms with Gasteiger partial charge in [0.2, 0.25) is 0 Å². The number of fused-ring (bicyclic) bond motifs is 1. The second-order valence-electron chi connectivity index (χ2n) is 9.57. The van der Waals surface area contributed by atoms with E-state index in [1.807, 2.05) is 16.7 Å². The Morgan fingerprint density at radius 3 is 2.70 bits per heavy atom. The molecule has 3 aliphatic rings. The number of carbonyl (C=O) groups excluding carboxylic acids is 1. The zero-order valence-corrected chi connectivity index (χ0v) is 20.5. The predicted molar refractivity (Wildman–Crippen MR) is 133 cm³/mol. The Kier molecular flexibility index (Phi) is 7.09. The SMILES string of the molecule is CCn1nc(C(=O)N2CCSCC2)c2c1CC[C@H](NCC1(c3ccccc3)CCOCC1)C2. The highest BCUT2D eigenvalue weighted by Crippen LogP contribution is 2.35. The van der Waals surface area contributed by atoms with Crippen LogP contribution in [0.4, 0.5) is 0 Å². The minimum Gasteiger partial charge on any atom is -0.381 e. The van der Waals surface area contributed by atoms with Crippen molar-refractivity contribution in [3.8, 4) is 0 Å². The number of aromatic nitrogens is 2. The van der Waals surface area contributed by atoms with E-state index in [2.05, 4.69) is 47.3 Å². The second-order valence-corrected chi connectivity index (χ2v) is 10.8. The number of amides is 1. The molecule has 0 unspecified atom stereocenters. The first kappa shape index (κ1) is 22.9. The number of nitrogens with zero attached hydrogens (tertiary/aromatic N) is 3. The van der Waals surface area contributed by atoms with Crippen LogP contribution < -0.4 is 5.32 Å². The highest BCUT2D eigenvalue weighted by atomic mass is 32.2. The summed E-state index contributed by atoms with van der Waals surface area (Å²) in [7, 11) is 0. The molecule has 1 aliphatic carbocycles. The molecule has 2 aliphatic heterocycles. The van der Waals surface area contributed by atoms with Crippen LogP contribution in [0.2, 0.25) is 0 Å². The van der Waals surface area contributed by atoms with E-state index < -0.39 is 0 Å². The molecule has 2 aromatic rings. The molecule has 0 saturated carbocycles. The molecule has 1 atom stereocenters. The normalized spacial score (nSPS) is 22.7. The molecule has 1 amide bonds. The number of thioether (sulfide) groups is 1. The van der Waals surface area contributed by atoms with E-state index in [4.69, 9.17) is 9.84 Å². The largest absolute Gasteiger partial charge is 0.381 e. The molecule has 6 nitrogen and oxygen atoms in total. The molecule has 0 spiro atoms. The van der Waals surface area contributed by atoms with Crippen LogP contribution >= 0.6 is 11.8 Å². The summed E-state index contributed by atoms with van der Waals surface area (Å²) in [5, 5.41) is 8.73. The number of hydrogen-bond donors (Lipinski definition) is 1. The van der Waals surface area contributed by atoms with Gasteiger partial charge in [-0.1, -0.05) is 30.3 Å². The number of rotatable bonds is 6. The fourth-order valence-corrected chi connectivity index (χ4v) is 6.58. The Labute approximate surface area is 201 Å². The van der Waals surface area contributed by atoms with Gasteiger partial charge < -0.3 is 15.0 Å². The first-order valence-electron chi connectivity index (χ1n) is 12.5. The molecule has 3 heterocycles. The highest BCUT2D eigenvalue weighted by Gasteiger charge is 2.36. The number of aryl methyl sites for hydroxylation is 1. The number of nitrogens with one attached hydrogen (secondary N) is 1. The summed E-state index contributed by atoms with van der Waals surface area (Å²) in [5.41, 5.74) is 4.69. The quantitative estimate of drug-likeness (QED) is 0.705. The van der Waals surface area contributed by atoms with Crippen molar-refractivity contribution in [1.29, 1.82) is 0 Å². The van der Waals surface area contributed by atoms with Gasteiger partial charge in [-0.3, -0.25) is 9.48 Å². The maximum Gasteiger partial charge on any atom is 0.274 e. The Morgan fingerprint density at radius 1 is 1.21 bits per heavy atom. The Bertz CT molecular complexity index is 949. The van der Waals surface area contributed by atoms with Gasteiger partial charge in [0.25, 0.3) is 5.91 Å². The van der Waals surface area contributed by atoms with E-state index in [-0.39, 0.29) is 11.3 Å². The van der Waals surface area contributed by atoms with Gasteiger partial charge >= 0.3 is 0 Å². The summed E-state index contributed by atoms with van der Waals surface area (Å²) in [6, 6.07) is 11.3. The third-order valence-electron chi connectivity index (χ3n) is 7.71. The molecule has 0 bridgehead atoms. The molecular weight excluding hydrogens is 432 g/mol. The predicted octanol–water partition coefficient (Wildman–Crippen LogP) is 3.29. The van der Waals surface area contributed by atoms with Crippen molar-refractivity contribution in [1.82, 2.24) is 20.0 Å². The van der Waals surface area contributed by atoms with Crippen molar-refractivity contribution in [2.75, 3.05) is 44.4 Å². The Balaban J connectivity index is 1.33. The maximum absolute atomic E-state index is 13.4. The molecule has 33 heavy (non-hydrogen) atoms. The average molecular weight is 469 g/mol. The summed E-state index contributed by atoms with van der Waals surface area (Å²) in [6.45, 7) is 7.21. The number of benzene rings is 1. The standard InChI is InChI=1S/C26H36N4O2S/c1-2-30-23-9-8-21(18-22(23)24(28-30)25(31)29-12-16-33-17-13-29)27-19-26(10-14-32-15-11-26)20-6-4-3-5-7-20/h3-7,21,27H,2,8-19H2,1H3/t21-/m0/s1. The van der Waals surface area contributed by atoms with E-state index >= 15 is 0 Å². The van der Waals surface area contributed by atoms with Gasteiger partial charge in [-0.05, 0) is 44.6 Å². The first-order valence-corrected chi connectivity index (χ1v) is 13.7. The monoisotopic (exact) mass is 468 g/mol. The van der Waals surface area contributed by atoms with Crippen LogP contribution in [0, 0.1) is 0 Å². The number of hydrogen-bond acceptors (Lipinski definition) is 5. The van der Waals surface area contributed by atoms with Crippen LogP contribution in [0.5, 0.6) is 0 Å². The lowest BCUT2D eigenvalue weighted by Crippen LogP contribution is -2.47. The van der Waals surface area contributed by atoms with Crippen molar-refractivity contribution in [3.05, 3.63) is 52.8 Å². The van der Waals surface area contributed by atoms with Crippen LogP contribution in [-0.4, -0.2) is 71.0 Å².